The molecule has 1 aliphatic heterocycles. The number of aromatic nitrogens is 2. The van der Waals surface area contributed by atoms with Crippen LogP contribution in [0.2, 0.25) is 0 Å². The van der Waals surface area contributed by atoms with Crippen molar-refractivity contribution in [3.63, 3.8) is 0 Å². The molecule has 7 heteroatoms. The van der Waals surface area contributed by atoms with Gasteiger partial charge in [-0.15, -0.1) is 11.3 Å². The molecule has 19 heavy (non-hydrogen) atoms. The minimum absolute atomic E-state index is 0.455. The molecule has 2 aromatic heterocycles. The molecule has 1 saturated heterocycles. The summed E-state index contributed by atoms with van der Waals surface area (Å²) in [4.78, 5) is 12.3. The topological polar surface area (TPSA) is 76.3 Å². The number of fused-ring (bicyclic) bond motifs is 1. The second-order valence-electron chi connectivity index (χ2n) is 4.70. The number of hydrazine groups is 1. The van der Waals surface area contributed by atoms with E-state index < -0.39 is 0 Å². The number of ether oxygens (including phenoxy) is 1. The zero-order chi connectivity index (χ0) is 13.2. The molecule has 2 aromatic rings. The molecule has 0 saturated carbocycles. The van der Waals surface area contributed by atoms with Gasteiger partial charge in [0.2, 0.25) is 0 Å². The molecule has 0 bridgehead atoms. The van der Waals surface area contributed by atoms with Crippen LogP contribution in [0.3, 0.4) is 0 Å². The summed E-state index contributed by atoms with van der Waals surface area (Å²) < 4.78 is 5.41. The summed E-state index contributed by atoms with van der Waals surface area (Å²) >= 11 is 1.60. The first kappa shape index (κ1) is 12.7. The van der Waals surface area contributed by atoms with Gasteiger partial charge in [-0.1, -0.05) is 0 Å². The van der Waals surface area contributed by atoms with E-state index in [1.807, 2.05) is 11.4 Å². The fourth-order valence-electron chi connectivity index (χ4n) is 2.30. The molecule has 102 valence electrons. The maximum Gasteiger partial charge on any atom is 0.152 e. The van der Waals surface area contributed by atoms with Crippen molar-refractivity contribution in [1.29, 1.82) is 0 Å². The molecule has 0 aromatic carbocycles. The summed E-state index contributed by atoms with van der Waals surface area (Å²) in [5, 5.41) is 2.97. The normalized spacial score (nSPS) is 19.4. The zero-order valence-electron chi connectivity index (χ0n) is 10.8. The number of hydrogen-bond donors (Lipinski definition) is 2. The van der Waals surface area contributed by atoms with Crippen LogP contribution in [0.15, 0.2) is 11.4 Å². The SMILES string of the molecule is CN(Cc1nc(NN)c2ccsc2n1)C1CCOC1. The molecular weight excluding hydrogens is 262 g/mol. The fourth-order valence-corrected chi connectivity index (χ4v) is 3.08. The van der Waals surface area contributed by atoms with Gasteiger partial charge in [0.1, 0.15) is 10.7 Å². The van der Waals surface area contributed by atoms with Crippen LogP contribution < -0.4 is 11.3 Å². The molecule has 0 aliphatic carbocycles. The van der Waals surface area contributed by atoms with Gasteiger partial charge < -0.3 is 10.2 Å². The van der Waals surface area contributed by atoms with Gasteiger partial charge in [-0.25, -0.2) is 15.8 Å². The van der Waals surface area contributed by atoms with Crippen molar-refractivity contribution >= 4 is 27.4 Å². The van der Waals surface area contributed by atoms with E-state index in [4.69, 9.17) is 10.6 Å². The number of rotatable bonds is 4. The van der Waals surface area contributed by atoms with E-state index >= 15 is 0 Å². The van der Waals surface area contributed by atoms with Crippen molar-refractivity contribution in [3.8, 4) is 0 Å². The summed E-state index contributed by atoms with van der Waals surface area (Å²) in [5.74, 6) is 7.01. The fraction of sp³-hybridized carbons (Fsp3) is 0.500. The first-order chi connectivity index (χ1) is 9.28. The standard InChI is InChI=1S/C12H17N5OS/c1-17(8-2-4-18-7-8)6-10-14-11(16-13)9-3-5-19-12(9)15-10/h3,5,8H,2,4,6-7,13H2,1H3,(H,14,15,16). The van der Waals surface area contributed by atoms with Crippen LogP contribution in [-0.4, -0.2) is 41.2 Å². The Morgan fingerprint density at radius 2 is 2.47 bits per heavy atom. The van der Waals surface area contributed by atoms with E-state index in [1.165, 1.54) is 0 Å². The van der Waals surface area contributed by atoms with Crippen molar-refractivity contribution in [2.45, 2.75) is 19.0 Å². The number of hydrogen-bond acceptors (Lipinski definition) is 7. The lowest BCUT2D eigenvalue weighted by atomic mass is 10.2. The van der Waals surface area contributed by atoms with Crippen molar-refractivity contribution in [2.24, 2.45) is 5.84 Å². The van der Waals surface area contributed by atoms with Gasteiger partial charge in [0.05, 0.1) is 18.5 Å². The van der Waals surface area contributed by atoms with E-state index in [0.29, 0.717) is 18.4 Å². The third kappa shape index (κ3) is 2.55. The highest BCUT2D eigenvalue weighted by molar-refractivity contribution is 7.16. The van der Waals surface area contributed by atoms with Gasteiger partial charge in [-0.05, 0) is 24.9 Å². The number of nitrogen functional groups attached to an aromatic ring is 1. The highest BCUT2D eigenvalue weighted by atomic mass is 32.1. The van der Waals surface area contributed by atoms with Gasteiger partial charge in [0, 0.05) is 12.6 Å². The lowest BCUT2D eigenvalue weighted by molar-refractivity contribution is 0.155. The van der Waals surface area contributed by atoms with E-state index in [0.717, 1.165) is 35.7 Å². The van der Waals surface area contributed by atoms with Crippen LogP contribution in [0, 0.1) is 0 Å². The molecule has 3 heterocycles. The third-order valence-electron chi connectivity index (χ3n) is 3.43. The zero-order valence-corrected chi connectivity index (χ0v) is 11.6. The van der Waals surface area contributed by atoms with Crippen LogP contribution >= 0.6 is 11.3 Å². The van der Waals surface area contributed by atoms with Crippen LogP contribution in [0.5, 0.6) is 0 Å². The largest absolute Gasteiger partial charge is 0.380 e. The Labute approximate surface area is 115 Å². The number of anilines is 1. The van der Waals surface area contributed by atoms with E-state index in [2.05, 4.69) is 27.3 Å². The molecule has 1 unspecified atom stereocenters. The van der Waals surface area contributed by atoms with E-state index in [9.17, 15) is 0 Å². The smallest absolute Gasteiger partial charge is 0.152 e. The lowest BCUT2D eigenvalue weighted by Gasteiger charge is -2.21. The molecule has 0 amide bonds. The van der Waals surface area contributed by atoms with Crippen molar-refractivity contribution < 1.29 is 4.74 Å². The Balaban J connectivity index is 1.83. The van der Waals surface area contributed by atoms with Gasteiger partial charge in [-0.3, -0.25) is 4.90 Å². The quantitative estimate of drug-likeness (QED) is 0.647. The average Bonchev–Trinajstić information content (AvgIpc) is 3.08. The Bertz CT molecular complexity index is 566. The highest BCUT2D eigenvalue weighted by Crippen LogP contribution is 2.25. The maximum atomic E-state index is 5.53. The highest BCUT2D eigenvalue weighted by Gasteiger charge is 2.21. The number of nitrogens with two attached hydrogens (primary N) is 1. The maximum absolute atomic E-state index is 5.53. The number of nitrogens with zero attached hydrogens (tertiary/aromatic N) is 3. The lowest BCUT2D eigenvalue weighted by Crippen LogP contribution is -2.32. The predicted molar refractivity (Wildman–Crippen MR) is 75.9 cm³/mol. The molecule has 1 fully saturated rings. The van der Waals surface area contributed by atoms with Crippen LogP contribution in [0.4, 0.5) is 5.82 Å². The molecule has 3 rings (SSSR count). The van der Waals surface area contributed by atoms with Crippen molar-refractivity contribution in [1.82, 2.24) is 14.9 Å². The third-order valence-corrected chi connectivity index (χ3v) is 4.23. The first-order valence-electron chi connectivity index (χ1n) is 6.26. The second kappa shape index (κ2) is 5.38. The van der Waals surface area contributed by atoms with E-state index in [1.54, 1.807) is 11.3 Å². The van der Waals surface area contributed by atoms with Crippen molar-refractivity contribution in [2.75, 3.05) is 25.7 Å². The minimum Gasteiger partial charge on any atom is -0.380 e. The predicted octanol–water partition coefficient (Wildman–Crippen LogP) is 1.20. The Hall–Kier alpha value is -1.28. The number of likely N-dealkylation sites (N-methyl/N-ethyl adjacent to an activating group) is 1. The van der Waals surface area contributed by atoms with Crippen LogP contribution in [0.1, 0.15) is 12.2 Å². The van der Waals surface area contributed by atoms with Crippen LogP contribution in [-0.2, 0) is 11.3 Å². The Morgan fingerprint density at radius 1 is 1.58 bits per heavy atom. The number of thiophene rings is 1. The Kier molecular flexibility index (Phi) is 3.61. The molecule has 3 N–H and O–H groups in total. The van der Waals surface area contributed by atoms with E-state index in [-0.39, 0.29) is 0 Å². The molecule has 0 radical (unpaired) electrons. The van der Waals surface area contributed by atoms with Gasteiger partial charge in [0.15, 0.2) is 5.82 Å². The van der Waals surface area contributed by atoms with Crippen LogP contribution in [0.25, 0.3) is 10.2 Å². The summed E-state index contributed by atoms with van der Waals surface area (Å²) in [5.41, 5.74) is 2.65. The van der Waals surface area contributed by atoms with Gasteiger partial charge >= 0.3 is 0 Å². The van der Waals surface area contributed by atoms with Crippen molar-refractivity contribution in [3.05, 3.63) is 17.3 Å². The average molecular weight is 279 g/mol. The first-order valence-corrected chi connectivity index (χ1v) is 7.14. The monoisotopic (exact) mass is 279 g/mol. The molecule has 6 nitrogen and oxygen atoms in total. The Morgan fingerprint density at radius 3 is 3.21 bits per heavy atom. The summed E-state index contributed by atoms with van der Waals surface area (Å²) in [6.45, 7) is 2.34. The molecule has 0 spiro atoms. The van der Waals surface area contributed by atoms with Gasteiger partial charge in [0.25, 0.3) is 0 Å². The molecular formula is C12H17N5OS. The number of nitrogens with one attached hydrogen (secondary N) is 1. The minimum atomic E-state index is 0.455. The summed E-state index contributed by atoms with van der Waals surface area (Å²) in [6.07, 6.45) is 1.07. The van der Waals surface area contributed by atoms with Gasteiger partial charge in [-0.2, -0.15) is 0 Å². The summed E-state index contributed by atoms with van der Waals surface area (Å²) in [6, 6.07) is 2.44. The molecule has 1 aliphatic rings. The second-order valence-corrected chi connectivity index (χ2v) is 5.60. The summed E-state index contributed by atoms with van der Waals surface area (Å²) in [7, 11) is 2.08. The molecule has 1 atom stereocenters.